The van der Waals surface area contributed by atoms with E-state index in [-0.39, 0.29) is 11.6 Å². The molecule has 2 amide bonds. The van der Waals surface area contributed by atoms with Gasteiger partial charge in [-0.05, 0) is 24.1 Å². The lowest BCUT2D eigenvalue weighted by Crippen LogP contribution is -2.35. The number of non-ortho nitro benzene ring substituents is 1. The first-order valence-corrected chi connectivity index (χ1v) is 8.47. The monoisotopic (exact) mass is 367 g/mol. The van der Waals surface area contributed by atoms with E-state index in [0.717, 1.165) is 10.5 Å². The van der Waals surface area contributed by atoms with Crippen molar-refractivity contribution in [2.24, 2.45) is 5.92 Å². The van der Waals surface area contributed by atoms with Gasteiger partial charge in [0.2, 0.25) is 5.91 Å². The van der Waals surface area contributed by atoms with E-state index in [9.17, 15) is 19.7 Å². The Balaban J connectivity index is 1.86. The van der Waals surface area contributed by atoms with Gasteiger partial charge in [0.05, 0.1) is 16.7 Å². The Morgan fingerprint density at radius 2 is 1.81 bits per heavy atom. The van der Waals surface area contributed by atoms with Crippen molar-refractivity contribution < 1.29 is 19.3 Å². The largest absolute Gasteiger partial charge is 0.283 e. The number of carbonyl (C=O) groups is 2. The van der Waals surface area contributed by atoms with Gasteiger partial charge in [0.15, 0.2) is 6.10 Å². The number of imide groups is 1. The smallest absolute Gasteiger partial charge is 0.269 e. The fraction of sp³-hybridized carbons (Fsp3) is 0.263. The van der Waals surface area contributed by atoms with Crippen LogP contribution in [0.4, 0.5) is 11.4 Å². The highest BCUT2D eigenvalue weighted by Crippen LogP contribution is 2.47. The second kappa shape index (κ2) is 6.17. The number of hydroxylamine groups is 1. The molecule has 8 nitrogen and oxygen atoms in total. The van der Waals surface area contributed by atoms with Crippen LogP contribution in [0.1, 0.15) is 17.2 Å². The van der Waals surface area contributed by atoms with Crippen molar-refractivity contribution in [2.75, 3.05) is 12.1 Å². The molecule has 2 aromatic rings. The van der Waals surface area contributed by atoms with Gasteiger partial charge >= 0.3 is 0 Å². The summed E-state index contributed by atoms with van der Waals surface area (Å²) in [6.07, 6.45) is -0.939. The van der Waals surface area contributed by atoms with E-state index in [2.05, 4.69) is 0 Å². The molecule has 27 heavy (non-hydrogen) atoms. The van der Waals surface area contributed by atoms with Crippen molar-refractivity contribution in [1.29, 1.82) is 0 Å². The van der Waals surface area contributed by atoms with Crippen LogP contribution >= 0.6 is 0 Å². The molecule has 0 saturated carbocycles. The molecule has 2 saturated heterocycles. The summed E-state index contributed by atoms with van der Waals surface area (Å²) >= 11 is 0. The first kappa shape index (κ1) is 17.2. The molecule has 0 aromatic heterocycles. The third-order valence-corrected chi connectivity index (χ3v) is 5.11. The number of likely N-dealkylation sites (N-methyl/N-ethyl adjacent to an activating group) is 1. The number of hydrogen-bond donors (Lipinski definition) is 0. The van der Waals surface area contributed by atoms with Crippen LogP contribution in [0.2, 0.25) is 0 Å². The van der Waals surface area contributed by atoms with Crippen molar-refractivity contribution in [3.63, 3.8) is 0 Å². The van der Waals surface area contributed by atoms with Crippen LogP contribution in [0, 0.1) is 23.0 Å². The lowest BCUT2D eigenvalue weighted by Gasteiger charge is -2.29. The summed E-state index contributed by atoms with van der Waals surface area (Å²) in [6, 6.07) is 12.9. The fourth-order valence-corrected chi connectivity index (χ4v) is 3.73. The SMILES string of the molecule is Cc1ccccc1N1OC2C(=O)N(C)C(=O)C2C1c1cccc([N+](=O)[O-])c1. The van der Waals surface area contributed by atoms with Crippen molar-refractivity contribution >= 4 is 23.2 Å². The molecule has 3 atom stereocenters. The summed E-state index contributed by atoms with van der Waals surface area (Å²) in [5.74, 6) is -1.52. The minimum atomic E-state index is -0.939. The number of benzene rings is 2. The van der Waals surface area contributed by atoms with E-state index >= 15 is 0 Å². The molecule has 2 aliphatic heterocycles. The molecule has 4 rings (SSSR count). The Labute approximate surface area is 155 Å². The van der Waals surface area contributed by atoms with Crippen molar-refractivity contribution in [3.05, 3.63) is 69.8 Å². The number of nitro groups is 1. The molecule has 2 aromatic carbocycles. The molecule has 2 heterocycles. The van der Waals surface area contributed by atoms with Gasteiger partial charge in [0, 0.05) is 19.2 Å². The lowest BCUT2D eigenvalue weighted by atomic mass is 9.90. The molecular weight excluding hydrogens is 350 g/mol. The Hall–Kier alpha value is -3.26. The predicted octanol–water partition coefficient (Wildman–Crippen LogP) is 2.38. The van der Waals surface area contributed by atoms with E-state index in [1.54, 1.807) is 17.2 Å². The molecule has 0 aliphatic carbocycles. The number of likely N-dealkylation sites (tertiary alicyclic amines) is 1. The quantitative estimate of drug-likeness (QED) is 0.470. The zero-order chi connectivity index (χ0) is 19.3. The number of carbonyl (C=O) groups excluding carboxylic acids is 2. The first-order valence-electron chi connectivity index (χ1n) is 8.47. The van der Waals surface area contributed by atoms with Crippen LogP contribution in [-0.2, 0) is 14.4 Å². The standard InChI is InChI=1S/C19H17N3O5/c1-11-6-3-4-9-14(11)21-16(12-7-5-8-13(10-12)22(25)26)15-17(27-21)19(24)20(2)18(15)23/h3-10,15-17H,1-2H3. The number of aryl methyl sites for hydroxylation is 1. The predicted molar refractivity (Wildman–Crippen MR) is 95.6 cm³/mol. The molecule has 8 heteroatoms. The third-order valence-electron chi connectivity index (χ3n) is 5.11. The number of para-hydroxylation sites is 1. The Bertz CT molecular complexity index is 960. The van der Waals surface area contributed by atoms with Crippen LogP contribution in [0.25, 0.3) is 0 Å². The average molecular weight is 367 g/mol. The maximum Gasteiger partial charge on any atom is 0.269 e. The molecule has 0 N–H and O–H groups in total. The zero-order valence-corrected chi connectivity index (χ0v) is 14.7. The van der Waals surface area contributed by atoms with E-state index in [1.165, 1.54) is 19.2 Å². The third kappa shape index (κ3) is 2.57. The van der Waals surface area contributed by atoms with Gasteiger partial charge in [0.25, 0.3) is 11.6 Å². The van der Waals surface area contributed by atoms with E-state index in [1.807, 2.05) is 31.2 Å². The number of fused-ring (bicyclic) bond motifs is 1. The maximum absolute atomic E-state index is 12.7. The Morgan fingerprint density at radius 3 is 2.52 bits per heavy atom. The molecule has 0 bridgehead atoms. The Morgan fingerprint density at radius 1 is 1.07 bits per heavy atom. The van der Waals surface area contributed by atoms with E-state index in [4.69, 9.17) is 4.84 Å². The highest BCUT2D eigenvalue weighted by Gasteiger charge is 2.59. The van der Waals surface area contributed by atoms with Gasteiger partial charge in [-0.3, -0.25) is 29.4 Å². The number of nitro benzene ring substituents is 1. The minimum Gasteiger partial charge on any atom is -0.283 e. The van der Waals surface area contributed by atoms with Gasteiger partial charge < -0.3 is 0 Å². The van der Waals surface area contributed by atoms with Crippen LogP contribution in [0.5, 0.6) is 0 Å². The topological polar surface area (TPSA) is 93.0 Å². The van der Waals surface area contributed by atoms with Crippen LogP contribution < -0.4 is 5.06 Å². The second-order valence-corrected chi connectivity index (χ2v) is 6.70. The number of amides is 2. The summed E-state index contributed by atoms with van der Waals surface area (Å²) < 4.78 is 0. The molecule has 2 aliphatic rings. The lowest BCUT2D eigenvalue weighted by molar-refractivity contribution is -0.384. The molecular formula is C19H17N3O5. The normalized spacial score (nSPS) is 24.4. The molecule has 3 unspecified atom stereocenters. The molecule has 0 radical (unpaired) electrons. The van der Waals surface area contributed by atoms with Gasteiger partial charge in [-0.1, -0.05) is 30.3 Å². The van der Waals surface area contributed by atoms with E-state index < -0.39 is 28.9 Å². The van der Waals surface area contributed by atoms with Crippen molar-refractivity contribution in [1.82, 2.24) is 4.90 Å². The van der Waals surface area contributed by atoms with Crippen molar-refractivity contribution in [2.45, 2.75) is 19.1 Å². The number of rotatable bonds is 3. The number of nitrogens with zero attached hydrogens (tertiary/aromatic N) is 3. The average Bonchev–Trinajstić information content (AvgIpc) is 3.15. The zero-order valence-electron chi connectivity index (χ0n) is 14.7. The van der Waals surface area contributed by atoms with Gasteiger partial charge in [-0.2, -0.15) is 0 Å². The summed E-state index contributed by atoms with van der Waals surface area (Å²) in [6.45, 7) is 1.90. The van der Waals surface area contributed by atoms with Crippen LogP contribution in [0.15, 0.2) is 48.5 Å². The highest BCUT2D eigenvalue weighted by atomic mass is 16.7. The molecule has 0 spiro atoms. The van der Waals surface area contributed by atoms with Gasteiger partial charge in [-0.25, -0.2) is 5.06 Å². The Kier molecular flexibility index (Phi) is 3.92. The minimum absolute atomic E-state index is 0.0780. The summed E-state index contributed by atoms with van der Waals surface area (Å²) in [7, 11) is 1.43. The highest BCUT2D eigenvalue weighted by molar-refractivity contribution is 6.07. The molecule has 138 valence electrons. The van der Waals surface area contributed by atoms with E-state index in [0.29, 0.717) is 11.3 Å². The van der Waals surface area contributed by atoms with Gasteiger partial charge in [-0.15, -0.1) is 0 Å². The number of hydrogen-bond acceptors (Lipinski definition) is 6. The fourth-order valence-electron chi connectivity index (χ4n) is 3.73. The number of anilines is 1. The van der Waals surface area contributed by atoms with Crippen LogP contribution in [-0.4, -0.2) is 34.8 Å². The summed E-state index contributed by atoms with van der Waals surface area (Å²) in [5, 5.41) is 12.7. The summed E-state index contributed by atoms with van der Waals surface area (Å²) in [5.41, 5.74) is 2.09. The first-order chi connectivity index (χ1) is 12.9. The summed E-state index contributed by atoms with van der Waals surface area (Å²) in [4.78, 5) is 42.9. The maximum atomic E-state index is 12.7. The second-order valence-electron chi connectivity index (χ2n) is 6.70. The van der Waals surface area contributed by atoms with Crippen LogP contribution in [0.3, 0.4) is 0 Å². The van der Waals surface area contributed by atoms with Crippen molar-refractivity contribution in [3.8, 4) is 0 Å². The van der Waals surface area contributed by atoms with Gasteiger partial charge in [0.1, 0.15) is 5.92 Å². The molecule has 2 fully saturated rings.